The van der Waals surface area contributed by atoms with Gasteiger partial charge in [0.25, 0.3) is 0 Å². The van der Waals surface area contributed by atoms with Gasteiger partial charge in [-0.25, -0.2) is 4.39 Å². The highest BCUT2D eigenvalue weighted by Gasteiger charge is 2.18. The highest BCUT2D eigenvalue weighted by atomic mass is 35.5. The number of ketones is 1. The average Bonchev–Trinajstić information content (AvgIpc) is 2.34. The van der Waals surface area contributed by atoms with E-state index in [0.29, 0.717) is 36.7 Å². The van der Waals surface area contributed by atoms with Crippen LogP contribution in [0, 0.1) is 5.82 Å². The number of anilines is 1. The molecule has 1 aromatic rings. The Morgan fingerprint density at radius 1 is 1.39 bits per heavy atom. The zero-order chi connectivity index (χ0) is 13.1. The zero-order valence-corrected chi connectivity index (χ0v) is 11.2. The Labute approximate surface area is 115 Å². The van der Waals surface area contributed by atoms with Gasteiger partial charge >= 0.3 is 0 Å². The molecule has 18 heavy (non-hydrogen) atoms. The predicted octanol–water partition coefficient (Wildman–Crippen LogP) is 2.84. The molecule has 0 bridgehead atoms. The van der Waals surface area contributed by atoms with Crippen LogP contribution < -0.4 is 5.32 Å². The first-order valence-corrected chi connectivity index (χ1v) is 6.37. The Kier molecular flexibility index (Phi) is 4.14. The molecule has 96 valence electrons. The second-order valence-corrected chi connectivity index (χ2v) is 4.88. The van der Waals surface area contributed by atoms with Gasteiger partial charge in [-0.2, -0.15) is 0 Å². The molecule has 0 saturated carbocycles. The number of benzene rings is 1. The molecule has 0 unspecified atom stereocenters. The van der Waals surface area contributed by atoms with E-state index >= 15 is 0 Å². The van der Waals surface area contributed by atoms with E-state index in [1.165, 1.54) is 12.1 Å². The Hall–Kier alpha value is -1.20. The van der Waals surface area contributed by atoms with Crippen molar-refractivity contribution in [3.8, 4) is 0 Å². The number of carbonyl (C=O) groups is 1. The Balaban J connectivity index is 1.98. The number of halogens is 2. The molecule has 1 heterocycles. The number of thiocarbonyl (C=S) groups is 1. The summed E-state index contributed by atoms with van der Waals surface area (Å²) in [7, 11) is 0. The lowest BCUT2D eigenvalue weighted by Gasteiger charge is -2.28. The second kappa shape index (κ2) is 5.63. The Morgan fingerprint density at radius 2 is 2.06 bits per heavy atom. The van der Waals surface area contributed by atoms with E-state index in [-0.39, 0.29) is 10.8 Å². The number of hydrogen-bond donors (Lipinski definition) is 1. The average molecular weight is 287 g/mol. The van der Waals surface area contributed by atoms with E-state index < -0.39 is 5.82 Å². The summed E-state index contributed by atoms with van der Waals surface area (Å²) in [6.07, 6.45) is 1.04. The van der Waals surface area contributed by atoms with E-state index in [1.54, 1.807) is 6.07 Å². The van der Waals surface area contributed by atoms with Crippen molar-refractivity contribution in [1.29, 1.82) is 0 Å². The maximum atomic E-state index is 13.0. The predicted molar refractivity (Wildman–Crippen MR) is 73.4 cm³/mol. The van der Waals surface area contributed by atoms with Gasteiger partial charge in [0.2, 0.25) is 0 Å². The molecule has 0 radical (unpaired) electrons. The van der Waals surface area contributed by atoms with Crippen LogP contribution in [0.4, 0.5) is 10.1 Å². The lowest BCUT2D eigenvalue weighted by molar-refractivity contribution is -0.120. The number of hydrogen-bond acceptors (Lipinski definition) is 2. The SMILES string of the molecule is O=C1CCN(C(=S)Nc2ccc(F)c(Cl)c2)CC1. The van der Waals surface area contributed by atoms with Crippen LogP contribution in [0.3, 0.4) is 0 Å². The minimum atomic E-state index is -0.461. The summed E-state index contributed by atoms with van der Waals surface area (Å²) in [6, 6.07) is 4.34. The smallest absolute Gasteiger partial charge is 0.173 e. The highest BCUT2D eigenvalue weighted by Crippen LogP contribution is 2.20. The third-order valence-corrected chi connectivity index (χ3v) is 3.43. The monoisotopic (exact) mass is 286 g/mol. The van der Waals surface area contributed by atoms with E-state index in [0.717, 1.165) is 0 Å². The molecule has 1 aliphatic heterocycles. The molecule has 0 aliphatic carbocycles. The van der Waals surface area contributed by atoms with Gasteiger partial charge in [-0.05, 0) is 30.4 Å². The molecule has 1 aromatic carbocycles. The summed E-state index contributed by atoms with van der Waals surface area (Å²) < 4.78 is 13.0. The van der Waals surface area contributed by atoms with Crippen molar-refractivity contribution in [2.45, 2.75) is 12.8 Å². The van der Waals surface area contributed by atoms with Gasteiger partial charge in [-0.1, -0.05) is 11.6 Å². The molecule has 2 rings (SSSR count). The first-order valence-electron chi connectivity index (χ1n) is 5.59. The summed E-state index contributed by atoms with van der Waals surface area (Å²) in [6.45, 7) is 1.25. The van der Waals surface area contributed by atoms with Gasteiger partial charge in [0.15, 0.2) is 5.11 Å². The fourth-order valence-electron chi connectivity index (χ4n) is 1.74. The van der Waals surface area contributed by atoms with Crippen molar-refractivity contribution in [1.82, 2.24) is 4.90 Å². The quantitative estimate of drug-likeness (QED) is 0.805. The van der Waals surface area contributed by atoms with Crippen LogP contribution in [0.1, 0.15) is 12.8 Å². The summed E-state index contributed by atoms with van der Waals surface area (Å²) >= 11 is 10.9. The molecule has 1 fully saturated rings. The van der Waals surface area contributed by atoms with Gasteiger partial charge in [0, 0.05) is 31.6 Å². The van der Waals surface area contributed by atoms with E-state index in [1.807, 2.05) is 4.90 Å². The standard InChI is InChI=1S/C12H12ClFN2OS/c13-10-7-8(1-2-11(10)14)15-12(18)16-5-3-9(17)4-6-16/h1-2,7H,3-6H2,(H,15,18). The third-order valence-electron chi connectivity index (χ3n) is 2.78. The molecular weight excluding hydrogens is 275 g/mol. The van der Waals surface area contributed by atoms with Gasteiger partial charge in [0.05, 0.1) is 5.02 Å². The topological polar surface area (TPSA) is 32.3 Å². The van der Waals surface area contributed by atoms with Crippen LogP contribution in [0.15, 0.2) is 18.2 Å². The van der Waals surface area contributed by atoms with Crippen LogP contribution in [0.25, 0.3) is 0 Å². The first kappa shape index (κ1) is 13.2. The lowest BCUT2D eigenvalue weighted by Crippen LogP contribution is -2.41. The first-order chi connectivity index (χ1) is 8.56. The normalized spacial score (nSPS) is 15.7. The molecule has 1 N–H and O–H groups in total. The van der Waals surface area contributed by atoms with Crippen molar-refractivity contribution in [2.75, 3.05) is 18.4 Å². The summed E-state index contributed by atoms with van der Waals surface area (Å²) in [5.41, 5.74) is 0.642. The van der Waals surface area contributed by atoms with Crippen molar-refractivity contribution < 1.29 is 9.18 Å². The molecule has 1 aliphatic rings. The van der Waals surface area contributed by atoms with Crippen molar-refractivity contribution >= 4 is 40.4 Å². The number of rotatable bonds is 1. The Bertz CT molecular complexity index is 485. The van der Waals surface area contributed by atoms with Crippen LogP contribution in [-0.4, -0.2) is 28.9 Å². The summed E-state index contributed by atoms with van der Waals surface area (Å²) in [5, 5.41) is 3.57. The lowest BCUT2D eigenvalue weighted by atomic mass is 10.1. The summed E-state index contributed by atoms with van der Waals surface area (Å²) in [4.78, 5) is 13.0. The van der Waals surface area contributed by atoms with Crippen molar-refractivity contribution in [2.24, 2.45) is 0 Å². The number of piperidine rings is 1. The van der Waals surface area contributed by atoms with E-state index in [4.69, 9.17) is 23.8 Å². The fraction of sp³-hybridized carbons (Fsp3) is 0.333. The summed E-state index contributed by atoms with van der Waals surface area (Å²) in [5.74, 6) is -0.199. The zero-order valence-electron chi connectivity index (χ0n) is 9.58. The van der Waals surface area contributed by atoms with Crippen LogP contribution in [0.5, 0.6) is 0 Å². The number of likely N-dealkylation sites (tertiary alicyclic amines) is 1. The number of nitrogens with zero attached hydrogens (tertiary/aromatic N) is 1. The van der Waals surface area contributed by atoms with Crippen molar-refractivity contribution in [3.63, 3.8) is 0 Å². The largest absolute Gasteiger partial charge is 0.348 e. The molecule has 6 heteroatoms. The van der Waals surface area contributed by atoms with Gasteiger partial charge in [0.1, 0.15) is 11.6 Å². The molecule has 3 nitrogen and oxygen atoms in total. The number of carbonyl (C=O) groups excluding carboxylic acids is 1. The molecule has 0 aromatic heterocycles. The maximum absolute atomic E-state index is 13.0. The minimum absolute atomic E-state index is 0.0524. The van der Waals surface area contributed by atoms with E-state index in [9.17, 15) is 9.18 Å². The third kappa shape index (κ3) is 3.17. The van der Waals surface area contributed by atoms with Crippen LogP contribution in [-0.2, 0) is 4.79 Å². The van der Waals surface area contributed by atoms with E-state index in [2.05, 4.69) is 5.32 Å². The maximum Gasteiger partial charge on any atom is 0.173 e. The van der Waals surface area contributed by atoms with Crippen LogP contribution >= 0.6 is 23.8 Å². The molecule has 1 saturated heterocycles. The van der Waals surface area contributed by atoms with Gasteiger partial charge in [-0.15, -0.1) is 0 Å². The van der Waals surface area contributed by atoms with Gasteiger partial charge in [-0.3, -0.25) is 4.79 Å². The van der Waals surface area contributed by atoms with Crippen LogP contribution in [0.2, 0.25) is 5.02 Å². The van der Waals surface area contributed by atoms with Gasteiger partial charge < -0.3 is 10.2 Å². The molecular formula is C12H12ClFN2OS. The van der Waals surface area contributed by atoms with Crippen molar-refractivity contribution in [3.05, 3.63) is 29.0 Å². The fourth-order valence-corrected chi connectivity index (χ4v) is 2.22. The second-order valence-electron chi connectivity index (χ2n) is 4.08. The molecule has 0 spiro atoms. The Morgan fingerprint density at radius 3 is 2.67 bits per heavy atom. The number of nitrogens with one attached hydrogen (secondary N) is 1. The molecule has 0 amide bonds. The molecule has 0 atom stereocenters. The minimum Gasteiger partial charge on any atom is -0.348 e. The number of Topliss-reactive ketones (excluding diaryl/α,β-unsaturated/α-hetero) is 1. The highest BCUT2D eigenvalue weighted by molar-refractivity contribution is 7.80.